The number of hydrogen-bond acceptors (Lipinski definition) is 4. The molecule has 4 nitrogen and oxygen atoms in total. The van der Waals surface area contributed by atoms with Gasteiger partial charge >= 0.3 is 0 Å². The lowest BCUT2D eigenvalue weighted by molar-refractivity contribution is 0.212. The van der Waals surface area contributed by atoms with Crippen LogP contribution in [-0.2, 0) is 6.42 Å². The van der Waals surface area contributed by atoms with Crippen molar-refractivity contribution < 1.29 is 9.84 Å². The van der Waals surface area contributed by atoms with Crippen LogP contribution in [0, 0.1) is 12.8 Å². The Bertz CT molecular complexity index is 854. The topological polar surface area (TPSA) is 55.2 Å². The summed E-state index contributed by atoms with van der Waals surface area (Å²) in [6.45, 7) is 11.3. The van der Waals surface area contributed by atoms with Crippen molar-refractivity contribution in [3.05, 3.63) is 46.8 Å². The first-order chi connectivity index (χ1) is 13.0. The van der Waals surface area contributed by atoms with Gasteiger partial charge in [-0.2, -0.15) is 0 Å². The summed E-state index contributed by atoms with van der Waals surface area (Å²) in [4.78, 5) is 9.73. The van der Waals surface area contributed by atoms with Gasteiger partial charge in [-0.3, -0.25) is 0 Å². The monoisotopic (exact) mass is 366 g/mol. The summed E-state index contributed by atoms with van der Waals surface area (Å²) in [6, 6.07) is 6.26. The number of aliphatic hydroxyl groups is 1. The minimum atomic E-state index is 0.202. The summed E-state index contributed by atoms with van der Waals surface area (Å²) in [5.74, 6) is 1.16. The van der Waals surface area contributed by atoms with Crippen molar-refractivity contribution in [2.45, 2.75) is 53.4 Å². The number of aliphatic hydroxyl groups excluding tert-OH is 1. The van der Waals surface area contributed by atoms with Gasteiger partial charge in [0.2, 0.25) is 5.88 Å². The molecule has 0 radical (unpaired) electrons. The highest BCUT2D eigenvalue weighted by Crippen LogP contribution is 2.42. The van der Waals surface area contributed by atoms with Crippen molar-refractivity contribution in [2.75, 3.05) is 13.2 Å². The molecule has 0 spiro atoms. The zero-order valence-electron chi connectivity index (χ0n) is 17.0. The summed E-state index contributed by atoms with van der Waals surface area (Å²) < 4.78 is 5.56. The highest BCUT2D eigenvalue weighted by molar-refractivity contribution is 5.76. The number of ether oxygens (including phenoxy) is 1. The molecule has 0 bridgehead atoms. The second-order valence-electron chi connectivity index (χ2n) is 7.25. The summed E-state index contributed by atoms with van der Waals surface area (Å²) in [6.07, 6.45) is 4.05. The Balaban J connectivity index is 2.08. The molecule has 27 heavy (non-hydrogen) atoms. The van der Waals surface area contributed by atoms with Crippen molar-refractivity contribution in [3.63, 3.8) is 0 Å². The van der Waals surface area contributed by atoms with E-state index in [1.165, 1.54) is 11.1 Å². The van der Waals surface area contributed by atoms with Crippen LogP contribution in [0.3, 0.4) is 0 Å². The van der Waals surface area contributed by atoms with Crippen LogP contribution < -0.4 is 4.74 Å². The molecule has 1 aliphatic carbocycles. The molecule has 2 heterocycles. The fourth-order valence-corrected chi connectivity index (χ4v) is 4.00. The third-order valence-corrected chi connectivity index (χ3v) is 5.50. The van der Waals surface area contributed by atoms with E-state index < -0.39 is 0 Å². The maximum atomic E-state index is 9.77. The Morgan fingerprint density at radius 1 is 1.11 bits per heavy atom. The second kappa shape index (κ2) is 8.22. The highest BCUT2D eigenvalue weighted by Gasteiger charge is 2.29. The summed E-state index contributed by atoms with van der Waals surface area (Å²) in [5.41, 5.74) is 7.72. The maximum Gasteiger partial charge on any atom is 0.213 e. The molecule has 0 saturated heterocycles. The number of hydrogen-bond donors (Lipinski definition) is 1. The normalized spacial score (nSPS) is 16.8. The van der Waals surface area contributed by atoms with Gasteiger partial charge in [-0.15, -0.1) is 0 Å². The van der Waals surface area contributed by atoms with Gasteiger partial charge in [0.1, 0.15) is 0 Å². The molecule has 1 N–H and O–H groups in total. The fourth-order valence-electron chi connectivity index (χ4n) is 4.00. The van der Waals surface area contributed by atoms with Crippen molar-refractivity contribution in [1.29, 1.82) is 0 Å². The van der Waals surface area contributed by atoms with Gasteiger partial charge in [-0.1, -0.05) is 32.4 Å². The predicted octanol–water partition coefficient (Wildman–Crippen LogP) is 4.93. The van der Waals surface area contributed by atoms with E-state index in [0.29, 0.717) is 12.5 Å². The van der Waals surface area contributed by atoms with Gasteiger partial charge in [-0.05, 0) is 55.9 Å². The van der Waals surface area contributed by atoms with E-state index >= 15 is 0 Å². The lowest BCUT2D eigenvalue weighted by Crippen LogP contribution is -2.14. The summed E-state index contributed by atoms with van der Waals surface area (Å²) >= 11 is 0. The van der Waals surface area contributed by atoms with Gasteiger partial charge in [0.05, 0.1) is 23.7 Å². The van der Waals surface area contributed by atoms with Gasteiger partial charge in [0.15, 0.2) is 0 Å². The Kier molecular flexibility index (Phi) is 5.95. The molecule has 1 unspecified atom stereocenters. The van der Waals surface area contributed by atoms with Crippen molar-refractivity contribution in [1.82, 2.24) is 9.97 Å². The average molecular weight is 367 g/mol. The van der Waals surface area contributed by atoms with Crippen molar-refractivity contribution in [2.24, 2.45) is 5.92 Å². The number of rotatable bonds is 7. The molecule has 0 aliphatic heterocycles. The molecule has 2 atom stereocenters. The van der Waals surface area contributed by atoms with Gasteiger partial charge < -0.3 is 9.84 Å². The van der Waals surface area contributed by atoms with Crippen LogP contribution >= 0.6 is 0 Å². The van der Waals surface area contributed by atoms with E-state index in [1.54, 1.807) is 0 Å². The van der Waals surface area contributed by atoms with Gasteiger partial charge in [0, 0.05) is 24.2 Å². The van der Waals surface area contributed by atoms with Crippen LogP contribution in [0.4, 0.5) is 0 Å². The molecule has 144 valence electrons. The molecule has 4 heteroatoms. The molecule has 0 saturated carbocycles. The standard InChI is InChI=1S/C23H30N2O2/c1-6-16(13-26)18-11-14(4)23-19(18)12-15(5)22(25-23)17-9-10-21(27-8-3)24-20(17)7-2/h9-12,16,18,26H,6-8,13H2,1-5H3/t16?,18-/m0/s1. The van der Waals surface area contributed by atoms with E-state index in [-0.39, 0.29) is 18.4 Å². The Morgan fingerprint density at radius 3 is 2.52 bits per heavy atom. The molecule has 2 aromatic rings. The number of allylic oxidation sites excluding steroid dienone is 2. The Labute approximate surface area is 162 Å². The summed E-state index contributed by atoms with van der Waals surface area (Å²) in [7, 11) is 0. The molecule has 2 aromatic heterocycles. The smallest absolute Gasteiger partial charge is 0.213 e. The highest BCUT2D eigenvalue weighted by atomic mass is 16.5. The van der Waals surface area contributed by atoms with E-state index in [4.69, 9.17) is 9.72 Å². The fraction of sp³-hybridized carbons (Fsp3) is 0.478. The van der Waals surface area contributed by atoms with E-state index in [1.807, 2.05) is 13.0 Å². The Hall–Kier alpha value is -2.20. The lowest BCUT2D eigenvalue weighted by atomic mass is 9.86. The van der Waals surface area contributed by atoms with E-state index in [0.717, 1.165) is 41.1 Å². The first-order valence-corrected chi connectivity index (χ1v) is 9.98. The average Bonchev–Trinajstić information content (AvgIpc) is 2.98. The second-order valence-corrected chi connectivity index (χ2v) is 7.25. The SMILES string of the molecule is CCOc1ccc(-c2nc3c(cc2C)[C@H](C(CC)CO)C=C3C)c(CC)n1. The number of aryl methyl sites for hydroxylation is 2. The van der Waals surface area contributed by atoms with Gasteiger partial charge in [-0.25, -0.2) is 9.97 Å². The zero-order valence-corrected chi connectivity index (χ0v) is 17.0. The molecule has 1 aliphatic rings. The minimum absolute atomic E-state index is 0.202. The number of fused-ring (bicyclic) bond motifs is 1. The minimum Gasteiger partial charge on any atom is -0.478 e. The van der Waals surface area contributed by atoms with E-state index in [9.17, 15) is 5.11 Å². The zero-order chi connectivity index (χ0) is 19.6. The first-order valence-electron chi connectivity index (χ1n) is 9.98. The van der Waals surface area contributed by atoms with Crippen molar-refractivity contribution in [3.8, 4) is 17.1 Å². The number of aromatic nitrogens is 2. The Morgan fingerprint density at radius 2 is 1.89 bits per heavy atom. The molecule has 0 aromatic carbocycles. The molecular weight excluding hydrogens is 336 g/mol. The van der Waals surface area contributed by atoms with Crippen LogP contribution in [0.15, 0.2) is 24.3 Å². The quantitative estimate of drug-likeness (QED) is 0.755. The molecule has 3 rings (SSSR count). The number of pyridine rings is 2. The lowest BCUT2D eigenvalue weighted by Gasteiger charge is -2.21. The third-order valence-electron chi connectivity index (χ3n) is 5.50. The third kappa shape index (κ3) is 3.63. The van der Waals surface area contributed by atoms with Crippen LogP contribution in [0.2, 0.25) is 0 Å². The van der Waals surface area contributed by atoms with Crippen LogP contribution in [0.1, 0.15) is 62.5 Å². The largest absolute Gasteiger partial charge is 0.478 e. The molecular formula is C23H30N2O2. The maximum absolute atomic E-state index is 9.77. The van der Waals surface area contributed by atoms with Crippen LogP contribution in [0.5, 0.6) is 5.88 Å². The summed E-state index contributed by atoms with van der Waals surface area (Å²) in [5, 5.41) is 9.77. The predicted molar refractivity (Wildman–Crippen MR) is 110 cm³/mol. The van der Waals surface area contributed by atoms with Crippen LogP contribution in [0.25, 0.3) is 16.8 Å². The molecule has 0 fully saturated rings. The first kappa shape index (κ1) is 19.6. The molecule has 0 amide bonds. The van der Waals surface area contributed by atoms with Crippen LogP contribution in [-0.4, -0.2) is 28.3 Å². The van der Waals surface area contributed by atoms with Crippen molar-refractivity contribution >= 4 is 5.57 Å². The number of nitrogens with zero attached hydrogens (tertiary/aromatic N) is 2. The van der Waals surface area contributed by atoms with Gasteiger partial charge in [0.25, 0.3) is 0 Å². The van der Waals surface area contributed by atoms with E-state index in [2.05, 4.69) is 50.9 Å².